The van der Waals surface area contributed by atoms with Crippen LogP contribution in [0.2, 0.25) is 0 Å². The second-order valence-electron chi connectivity index (χ2n) is 12.6. The highest BCUT2D eigenvalue weighted by molar-refractivity contribution is 5.97. The number of nitrogens with zero attached hydrogens (tertiary/aromatic N) is 5. The smallest absolute Gasteiger partial charge is 0.319 e. The maximum absolute atomic E-state index is 16.5. The molecule has 222 valence electrons. The van der Waals surface area contributed by atoms with Crippen LogP contribution in [0.1, 0.15) is 38.2 Å². The molecule has 2 aromatic heterocycles. The number of hydrogen-bond donors (Lipinski definition) is 2. The molecule has 3 N–H and O–H groups in total. The topological polar surface area (TPSA) is 102 Å². The molecule has 13 heteroatoms. The van der Waals surface area contributed by atoms with Crippen LogP contribution in [0.15, 0.2) is 12.1 Å². The first-order valence-corrected chi connectivity index (χ1v) is 14.4. The van der Waals surface area contributed by atoms with Crippen molar-refractivity contribution in [2.75, 3.05) is 36.9 Å². The van der Waals surface area contributed by atoms with Gasteiger partial charge in [0.2, 0.25) is 5.88 Å². The van der Waals surface area contributed by atoms with Crippen LogP contribution in [0, 0.1) is 18.6 Å². The van der Waals surface area contributed by atoms with Crippen LogP contribution < -0.4 is 25.4 Å². The van der Waals surface area contributed by atoms with E-state index in [0.29, 0.717) is 30.9 Å². The van der Waals surface area contributed by atoms with Crippen LogP contribution in [0.5, 0.6) is 11.9 Å². The van der Waals surface area contributed by atoms with Gasteiger partial charge in [-0.1, -0.05) is 0 Å². The summed E-state index contributed by atoms with van der Waals surface area (Å²) in [5.74, 6) is -3.94. The van der Waals surface area contributed by atoms with Gasteiger partial charge in [0.15, 0.2) is 11.6 Å². The van der Waals surface area contributed by atoms with E-state index >= 15 is 8.78 Å². The minimum Gasteiger partial charge on any atom is -0.472 e. The molecule has 5 aliphatic rings. The van der Waals surface area contributed by atoms with Gasteiger partial charge in [-0.15, -0.1) is 0 Å². The molecule has 42 heavy (non-hydrogen) atoms. The Balaban J connectivity index is 1.30. The number of fused-ring (bicyclic) bond motifs is 6. The van der Waals surface area contributed by atoms with E-state index in [9.17, 15) is 8.78 Å². The molecule has 9 nitrogen and oxygen atoms in total. The maximum atomic E-state index is 16.5. The average Bonchev–Trinajstić information content (AvgIpc) is 3.35. The number of halogens is 4. The molecule has 7 heterocycles. The molecule has 0 saturated carbocycles. The fraction of sp³-hybridized carbons (Fsp3) is 0.552. The van der Waals surface area contributed by atoms with Gasteiger partial charge in [-0.05, 0) is 50.8 Å². The van der Waals surface area contributed by atoms with Crippen molar-refractivity contribution >= 4 is 22.4 Å². The quantitative estimate of drug-likeness (QED) is 0.350. The summed E-state index contributed by atoms with van der Waals surface area (Å²) in [7, 11) is 0. The van der Waals surface area contributed by atoms with Crippen molar-refractivity contribution < 1.29 is 27.0 Å². The minimum absolute atomic E-state index is 0.0495. The summed E-state index contributed by atoms with van der Waals surface area (Å²) in [6.07, 6.45) is 1.82. The summed E-state index contributed by atoms with van der Waals surface area (Å²) >= 11 is 0. The van der Waals surface area contributed by atoms with E-state index in [1.807, 2.05) is 6.92 Å². The summed E-state index contributed by atoms with van der Waals surface area (Å²) in [6.45, 7) is 4.48. The number of rotatable bonds is 4. The highest BCUT2D eigenvalue weighted by Crippen LogP contribution is 2.48. The lowest BCUT2D eigenvalue weighted by atomic mass is 9.85. The number of nitrogen functional groups attached to an aromatic ring is 1. The monoisotopic (exact) mass is 585 g/mol. The van der Waals surface area contributed by atoms with E-state index < -0.39 is 23.1 Å². The van der Waals surface area contributed by atoms with Crippen LogP contribution in [0.3, 0.4) is 0 Å². The van der Waals surface area contributed by atoms with Crippen LogP contribution >= 0.6 is 0 Å². The van der Waals surface area contributed by atoms with Crippen molar-refractivity contribution in [2.45, 2.75) is 75.2 Å². The summed E-state index contributed by atoms with van der Waals surface area (Å²) in [4.78, 5) is 17.5. The predicted molar refractivity (Wildman–Crippen MR) is 147 cm³/mol. The van der Waals surface area contributed by atoms with Gasteiger partial charge in [0.05, 0.1) is 23.8 Å². The minimum atomic E-state index is -2.80. The highest BCUT2D eigenvalue weighted by atomic mass is 19.3. The third-order valence-electron chi connectivity index (χ3n) is 9.73. The third-order valence-corrected chi connectivity index (χ3v) is 9.73. The van der Waals surface area contributed by atoms with Gasteiger partial charge in [0.25, 0.3) is 5.92 Å². The van der Waals surface area contributed by atoms with Crippen LogP contribution in [-0.4, -0.2) is 81.8 Å². The molecule has 1 aromatic carbocycles. The van der Waals surface area contributed by atoms with E-state index in [1.165, 1.54) is 12.1 Å². The lowest BCUT2D eigenvalue weighted by molar-refractivity contribution is -0.0132. The largest absolute Gasteiger partial charge is 0.472 e. The number of piperazine rings is 1. The number of nitrogens with one attached hydrogen (secondary N) is 1. The van der Waals surface area contributed by atoms with E-state index in [2.05, 4.69) is 20.2 Å². The first-order chi connectivity index (χ1) is 20.0. The van der Waals surface area contributed by atoms with Gasteiger partial charge in [-0.2, -0.15) is 9.97 Å². The maximum Gasteiger partial charge on any atom is 0.319 e. The molecule has 0 aliphatic carbocycles. The van der Waals surface area contributed by atoms with E-state index in [-0.39, 0.29) is 83.5 Å². The molecule has 8 rings (SSSR count). The molecule has 5 atom stereocenters. The number of pyridine rings is 1. The molecule has 4 fully saturated rings. The standard InChI is InChI=1S/C29H31F4N7O2/c1-13-7-16(20(30)17(34)8-13)22-21(31)23-19-25(38-27(37-23)41-12-28-5-6-39(28)11-29(32,33)10-28)40-9-15-3-4-18(35-15)24(40)14(2)42-26(19)36-22/h7-8,14-15,18,24,35H,3-6,9-12,34H2,1-2H3/t14-,15+,18-,24+,28?/m0/s1. The third kappa shape index (κ3) is 3.78. The van der Waals surface area contributed by atoms with Crippen LogP contribution in [-0.2, 0) is 0 Å². The van der Waals surface area contributed by atoms with E-state index in [1.54, 1.807) is 11.8 Å². The molecule has 0 spiro atoms. The van der Waals surface area contributed by atoms with Crippen molar-refractivity contribution in [1.82, 2.24) is 25.2 Å². The Labute approximate surface area is 239 Å². The fourth-order valence-corrected chi connectivity index (χ4v) is 7.77. The molecular weight excluding hydrogens is 554 g/mol. The highest BCUT2D eigenvalue weighted by Gasteiger charge is 2.60. The van der Waals surface area contributed by atoms with Gasteiger partial charge < -0.3 is 25.4 Å². The molecule has 5 aliphatic heterocycles. The van der Waals surface area contributed by atoms with Crippen molar-refractivity contribution in [1.29, 1.82) is 0 Å². The summed E-state index contributed by atoms with van der Waals surface area (Å²) < 4.78 is 72.8. The molecule has 2 bridgehead atoms. The molecule has 3 aromatic rings. The Morgan fingerprint density at radius 1 is 1.17 bits per heavy atom. The second-order valence-corrected chi connectivity index (χ2v) is 12.6. The number of nitrogens with two attached hydrogens (primary N) is 1. The van der Waals surface area contributed by atoms with Crippen molar-refractivity contribution in [3.05, 3.63) is 29.3 Å². The van der Waals surface area contributed by atoms with Crippen LogP contribution in [0.25, 0.3) is 22.2 Å². The Morgan fingerprint density at radius 3 is 2.76 bits per heavy atom. The zero-order valence-electron chi connectivity index (χ0n) is 23.3. The van der Waals surface area contributed by atoms with E-state index in [0.717, 1.165) is 12.8 Å². The fourth-order valence-electron chi connectivity index (χ4n) is 7.77. The first kappa shape index (κ1) is 26.2. The number of aromatic nitrogens is 3. The summed E-state index contributed by atoms with van der Waals surface area (Å²) in [6, 6.07) is 3.01. The lowest BCUT2D eigenvalue weighted by Crippen LogP contribution is -2.62. The lowest BCUT2D eigenvalue weighted by Gasteiger charge is -2.46. The van der Waals surface area contributed by atoms with Gasteiger partial charge in [0.1, 0.15) is 35.1 Å². The van der Waals surface area contributed by atoms with Crippen molar-refractivity contribution in [3.8, 4) is 23.1 Å². The summed E-state index contributed by atoms with van der Waals surface area (Å²) in [5, 5.41) is 3.92. The number of alkyl halides is 2. The van der Waals surface area contributed by atoms with Gasteiger partial charge in [-0.3, -0.25) is 4.90 Å². The van der Waals surface area contributed by atoms with Crippen molar-refractivity contribution in [2.24, 2.45) is 0 Å². The predicted octanol–water partition coefficient (Wildman–Crippen LogP) is 3.81. The van der Waals surface area contributed by atoms with Gasteiger partial charge >= 0.3 is 6.01 Å². The molecule has 4 saturated heterocycles. The number of ether oxygens (including phenoxy) is 2. The van der Waals surface area contributed by atoms with Crippen molar-refractivity contribution in [3.63, 3.8) is 0 Å². The Morgan fingerprint density at radius 2 is 2.00 bits per heavy atom. The molecule has 0 amide bonds. The van der Waals surface area contributed by atoms with Gasteiger partial charge in [0, 0.05) is 37.2 Å². The Kier molecular flexibility index (Phi) is 5.48. The normalized spacial score (nSPS) is 30.9. The molecule has 1 unspecified atom stereocenters. The number of aryl methyl sites for hydroxylation is 1. The van der Waals surface area contributed by atoms with E-state index in [4.69, 9.17) is 20.2 Å². The number of anilines is 2. The Hall–Kier alpha value is -3.45. The zero-order chi connectivity index (χ0) is 29.1. The Bertz CT molecular complexity index is 1640. The first-order valence-electron chi connectivity index (χ1n) is 14.4. The average molecular weight is 586 g/mol. The number of hydrogen-bond acceptors (Lipinski definition) is 9. The van der Waals surface area contributed by atoms with Crippen LogP contribution in [0.4, 0.5) is 29.1 Å². The number of benzene rings is 1. The molecule has 0 radical (unpaired) electrons. The second kappa shape index (κ2) is 8.79. The molecular formula is C29H31F4N7O2. The SMILES string of the molecule is Cc1cc(N)c(F)c(-c2nc3c4c(nc(OCC56CCN5CC(F)(F)C6)nc4c2F)N2C[C@H]4CC[C@H](N4)[C@H]2[C@H](C)O3)c1. The summed E-state index contributed by atoms with van der Waals surface area (Å²) in [5.41, 5.74) is 5.06. The zero-order valence-corrected chi connectivity index (χ0v) is 23.3. The van der Waals surface area contributed by atoms with Gasteiger partial charge in [-0.25, -0.2) is 22.5 Å².